The summed E-state index contributed by atoms with van der Waals surface area (Å²) in [6, 6.07) is 20.2. The van der Waals surface area contributed by atoms with Crippen molar-refractivity contribution in [2.45, 2.75) is 5.92 Å². The van der Waals surface area contributed by atoms with E-state index in [2.05, 4.69) is 10.5 Å². The topological polar surface area (TPSA) is 50.7 Å². The molecule has 0 unspecified atom stereocenters. The summed E-state index contributed by atoms with van der Waals surface area (Å²) in [6.07, 6.45) is 1.48. The van der Waals surface area contributed by atoms with Gasteiger partial charge >= 0.3 is 0 Å². The molecule has 0 bridgehead atoms. The molecule has 0 saturated heterocycles. The Labute approximate surface area is 166 Å². The molecule has 1 amide bonds. The number of hydrogen-bond donors (Lipinski definition) is 1. The Hall–Kier alpha value is -2.82. The van der Waals surface area contributed by atoms with Crippen LogP contribution in [-0.4, -0.2) is 12.1 Å². The zero-order valence-electron chi connectivity index (χ0n) is 14.0. The smallest absolute Gasteiger partial charge is 0.252 e. The summed E-state index contributed by atoms with van der Waals surface area (Å²) in [5, 5.41) is 4.87. The zero-order valence-corrected chi connectivity index (χ0v) is 15.5. The molecule has 0 spiro atoms. The van der Waals surface area contributed by atoms with Crippen LogP contribution in [-0.2, 0) is 4.79 Å². The van der Waals surface area contributed by atoms with Gasteiger partial charge in [-0.2, -0.15) is 5.10 Å². The number of nitrogens with zero attached hydrogens (tertiary/aromatic N) is 1. The molecule has 1 heterocycles. The van der Waals surface area contributed by atoms with Crippen LogP contribution < -0.4 is 10.2 Å². The summed E-state index contributed by atoms with van der Waals surface area (Å²) in [5.74, 6) is 0.558. The monoisotopic (exact) mass is 396 g/mol. The summed E-state index contributed by atoms with van der Waals surface area (Å²) < 4.78 is 5.91. The van der Waals surface area contributed by atoms with Gasteiger partial charge in [0.25, 0.3) is 5.91 Å². The van der Waals surface area contributed by atoms with Crippen LogP contribution in [0, 0.1) is 0 Å². The molecule has 0 radical (unpaired) electrons. The molecule has 0 saturated carbocycles. The molecular weight excluding hydrogens is 383 g/mol. The third kappa shape index (κ3) is 3.42. The summed E-state index contributed by atoms with van der Waals surface area (Å²) in [6.45, 7) is 0. The average Bonchev–Trinajstić information content (AvgIpc) is 2.69. The fourth-order valence-electron chi connectivity index (χ4n) is 3.04. The number of halogens is 2. The van der Waals surface area contributed by atoms with Crippen molar-refractivity contribution in [1.82, 2.24) is 5.43 Å². The Morgan fingerprint density at radius 2 is 1.56 bits per heavy atom. The van der Waals surface area contributed by atoms with E-state index in [1.165, 1.54) is 6.21 Å². The van der Waals surface area contributed by atoms with Crippen molar-refractivity contribution in [3.63, 3.8) is 0 Å². The van der Waals surface area contributed by atoms with E-state index in [4.69, 9.17) is 27.9 Å². The van der Waals surface area contributed by atoms with Gasteiger partial charge in [-0.3, -0.25) is 4.79 Å². The molecule has 1 aliphatic rings. The van der Waals surface area contributed by atoms with Crippen molar-refractivity contribution < 1.29 is 9.53 Å². The number of fused-ring (bicyclic) bond motifs is 2. The van der Waals surface area contributed by atoms with E-state index < -0.39 is 5.92 Å². The summed E-state index contributed by atoms with van der Waals surface area (Å²) in [7, 11) is 0. The minimum Gasteiger partial charge on any atom is -0.457 e. The van der Waals surface area contributed by atoms with E-state index in [0.717, 1.165) is 11.1 Å². The molecule has 6 heteroatoms. The molecule has 0 aromatic heterocycles. The second kappa shape index (κ2) is 7.43. The first-order chi connectivity index (χ1) is 13.1. The first-order valence-corrected chi connectivity index (χ1v) is 9.03. The van der Waals surface area contributed by atoms with E-state index in [1.54, 1.807) is 18.2 Å². The second-order valence-corrected chi connectivity index (χ2v) is 6.77. The largest absolute Gasteiger partial charge is 0.457 e. The first kappa shape index (κ1) is 17.6. The van der Waals surface area contributed by atoms with Gasteiger partial charge in [0, 0.05) is 16.7 Å². The SMILES string of the molecule is O=C(N/N=C\c1cccc(Cl)c1Cl)C1c2ccccc2Oc2ccccc21. The second-order valence-electron chi connectivity index (χ2n) is 5.99. The van der Waals surface area contributed by atoms with Crippen LogP contribution in [0.15, 0.2) is 71.8 Å². The number of hydrazone groups is 1. The van der Waals surface area contributed by atoms with Crippen molar-refractivity contribution in [3.8, 4) is 11.5 Å². The van der Waals surface area contributed by atoms with Gasteiger partial charge in [0.2, 0.25) is 0 Å². The Kier molecular flexibility index (Phi) is 4.84. The van der Waals surface area contributed by atoms with Crippen LogP contribution in [0.3, 0.4) is 0 Å². The number of rotatable bonds is 3. The number of amides is 1. The molecule has 4 nitrogen and oxygen atoms in total. The molecule has 1 aliphatic heterocycles. The highest BCUT2D eigenvalue weighted by atomic mass is 35.5. The first-order valence-electron chi connectivity index (χ1n) is 8.28. The van der Waals surface area contributed by atoms with Gasteiger partial charge in [-0.05, 0) is 18.2 Å². The lowest BCUT2D eigenvalue weighted by Gasteiger charge is -2.26. The Morgan fingerprint density at radius 1 is 0.926 bits per heavy atom. The zero-order chi connectivity index (χ0) is 18.8. The highest BCUT2D eigenvalue weighted by Crippen LogP contribution is 2.43. The third-order valence-corrected chi connectivity index (χ3v) is 5.14. The van der Waals surface area contributed by atoms with Crippen LogP contribution in [0.1, 0.15) is 22.6 Å². The number of nitrogens with one attached hydrogen (secondary N) is 1. The van der Waals surface area contributed by atoms with Crippen LogP contribution in [0.2, 0.25) is 10.0 Å². The molecule has 27 heavy (non-hydrogen) atoms. The maximum atomic E-state index is 12.9. The fourth-order valence-corrected chi connectivity index (χ4v) is 3.40. The maximum absolute atomic E-state index is 12.9. The Bertz CT molecular complexity index is 1000. The van der Waals surface area contributed by atoms with Crippen molar-refractivity contribution in [3.05, 3.63) is 93.5 Å². The summed E-state index contributed by atoms with van der Waals surface area (Å²) in [4.78, 5) is 12.9. The lowest BCUT2D eigenvalue weighted by Crippen LogP contribution is -2.28. The molecule has 3 aromatic rings. The van der Waals surface area contributed by atoms with E-state index in [0.29, 0.717) is 27.1 Å². The predicted molar refractivity (Wildman–Crippen MR) is 107 cm³/mol. The molecule has 134 valence electrons. The summed E-state index contributed by atoms with van der Waals surface area (Å²) >= 11 is 12.1. The fraction of sp³-hybridized carbons (Fsp3) is 0.0476. The van der Waals surface area contributed by atoms with Gasteiger partial charge in [-0.25, -0.2) is 5.43 Å². The van der Waals surface area contributed by atoms with E-state index in [1.807, 2.05) is 48.5 Å². The normalized spacial score (nSPS) is 13.0. The van der Waals surface area contributed by atoms with E-state index >= 15 is 0 Å². The number of benzene rings is 3. The molecule has 0 atom stereocenters. The van der Waals surface area contributed by atoms with E-state index in [9.17, 15) is 4.79 Å². The number of carbonyl (C=O) groups excluding carboxylic acids is 1. The van der Waals surface area contributed by atoms with Gasteiger partial charge in [-0.15, -0.1) is 0 Å². The van der Waals surface area contributed by atoms with Crippen LogP contribution in [0.25, 0.3) is 0 Å². The minimum atomic E-state index is -0.516. The van der Waals surface area contributed by atoms with E-state index in [-0.39, 0.29) is 5.91 Å². The van der Waals surface area contributed by atoms with Gasteiger partial charge in [0.15, 0.2) is 0 Å². The number of para-hydroxylation sites is 2. The highest BCUT2D eigenvalue weighted by Gasteiger charge is 2.32. The van der Waals surface area contributed by atoms with Crippen molar-refractivity contribution in [2.24, 2.45) is 5.10 Å². The van der Waals surface area contributed by atoms with Gasteiger partial charge < -0.3 is 4.74 Å². The van der Waals surface area contributed by atoms with Gasteiger partial charge in [-0.1, -0.05) is 71.7 Å². The molecule has 3 aromatic carbocycles. The Balaban J connectivity index is 1.62. The van der Waals surface area contributed by atoms with Crippen molar-refractivity contribution >= 4 is 35.3 Å². The van der Waals surface area contributed by atoms with Crippen LogP contribution >= 0.6 is 23.2 Å². The number of ether oxygens (including phenoxy) is 1. The predicted octanol–water partition coefficient (Wildman–Crippen LogP) is 5.38. The van der Waals surface area contributed by atoms with Gasteiger partial charge in [0.05, 0.1) is 22.2 Å². The highest BCUT2D eigenvalue weighted by molar-refractivity contribution is 6.43. The molecular formula is C21H14Cl2N2O2. The van der Waals surface area contributed by atoms with Crippen molar-refractivity contribution in [2.75, 3.05) is 0 Å². The number of hydrogen-bond acceptors (Lipinski definition) is 3. The average molecular weight is 397 g/mol. The molecule has 1 N–H and O–H groups in total. The molecule has 4 rings (SSSR count). The molecule has 0 fully saturated rings. The molecule has 0 aliphatic carbocycles. The maximum Gasteiger partial charge on any atom is 0.252 e. The van der Waals surface area contributed by atoms with Gasteiger partial charge in [0.1, 0.15) is 11.5 Å². The Morgan fingerprint density at radius 3 is 2.22 bits per heavy atom. The van der Waals surface area contributed by atoms with Crippen LogP contribution in [0.4, 0.5) is 0 Å². The quantitative estimate of drug-likeness (QED) is 0.477. The lowest BCUT2D eigenvalue weighted by atomic mass is 9.87. The standard InChI is InChI=1S/C21H14Cl2N2O2/c22-16-9-5-6-13(20(16)23)12-24-25-21(26)19-14-7-1-3-10-17(14)27-18-11-4-2-8-15(18)19/h1-12,19H,(H,25,26)/b24-12-. The van der Waals surface area contributed by atoms with Crippen LogP contribution in [0.5, 0.6) is 11.5 Å². The number of carbonyl (C=O) groups is 1. The minimum absolute atomic E-state index is 0.257. The lowest BCUT2D eigenvalue weighted by molar-refractivity contribution is -0.121. The summed E-state index contributed by atoms with van der Waals surface area (Å²) in [5.41, 5.74) is 4.82. The van der Waals surface area contributed by atoms with Crippen molar-refractivity contribution in [1.29, 1.82) is 0 Å². The third-order valence-electron chi connectivity index (χ3n) is 4.30.